The Hall–Kier alpha value is -1.82. The van der Waals surface area contributed by atoms with E-state index in [2.05, 4.69) is 33.3 Å². The summed E-state index contributed by atoms with van der Waals surface area (Å²) in [5, 5.41) is 6.44. The molecule has 6 heteroatoms. The van der Waals surface area contributed by atoms with Crippen molar-refractivity contribution in [2.45, 2.75) is 26.7 Å². The van der Waals surface area contributed by atoms with Gasteiger partial charge in [-0.3, -0.25) is 4.79 Å². The molecule has 0 bridgehead atoms. The second-order valence-corrected chi connectivity index (χ2v) is 5.54. The van der Waals surface area contributed by atoms with Crippen molar-refractivity contribution >= 4 is 27.7 Å². The molecule has 0 aliphatic rings. The van der Waals surface area contributed by atoms with E-state index >= 15 is 0 Å². The summed E-state index contributed by atoms with van der Waals surface area (Å²) in [6.45, 7) is 4.44. The molecule has 21 heavy (non-hydrogen) atoms. The molecule has 0 saturated heterocycles. The molecular weight excluding hydrogens is 336 g/mol. The van der Waals surface area contributed by atoms with Crippen molar-refractivity contribution < 1.29 is 14.1 Å². The maximum absolute atomic E-state index is 12.3. The Morgan fingerprint density at radius 1 is 1.43 bits per heavy atom. The lowest BCUT2D eigenvalue weighted by molar-refractivity contribution is 0.102. The number of rotatable bonds is 6. The molecular formula is C15H17BrN2O3. The third kappa shape index (κ3) is 4.32. The van der Waals surface area contributed by atoms with Crippen LogP contribution in [0.4, 0.5) is 5.82 Å². The average Bonchev–Trinajstić information content (AvgIpc) is 2.86. The van der Waals surface area contributed by atoms with E-state index in [0.717, 1.165) is 17.3 Å². The molecule has 5 nitrogen and oxygen atoms in total. The summed E-state index contributed by atoms with van der Waals surface area (Å²) in [7, 11) is 0. The highest BCUT2D eigenvalue weighted by atomic mass is 79.9. The van der Waals surface area contributed by atoms with Gasteiger partial charge in [0.2, 0.25) is 0 Å². The highest BCUT2D eigenvalue weighted by Crippen LogP contribution is 2.24. The standard InChI is InChI=1S/C15H17BrN2O3/c1-3-4-7-20-13-6-5-11(16)9-12(13)15(19)17-14-8-10(2)21-18-14/h5-6,8-9H,3-4,7H2,1-2H3,(H,17,18,19). The Balaban J connectivity index is 2.16. The van der Waals surface area contributed by atoms with Crippen molar-refractivity contribution in [1.82, 2.24) is 5.16 Å². The molecule has 0 aliphatic carbocycles. The number of amides is 1. The third-order valence-electron chi connectivity index (χ3n) is 2.81. The molecule has 1 aromatic carbocycles. The van der Waals surface area contributed by atoms with Gasteiger partial charge >= 0.3 is 0 Å². The van der Waals surface area contributed by atoms with Crippen molar-refractivity contribution in [3.63, 3.8) is 0 Å². The van der Waals surface area contributed by atoms with Gasteiger partial charge in [0.25, 0.3) is 5.91 Å². The minimum atomic E-state index is -0.281. The van der Waals surface area contributed by atoms with Crippen molar-refractivity contribution in [2.24, 2.45) is 0 Å². The molecule has 112 valence electrons. The number of hydrogen-bond acceptors (Lipinski definition) is 4. The highest BCUT2D eigenvalue weighted by molar-refractivity contribution is 9.10. The number of carbonyl (C=O) groups excluding carboxylic acids is 1. The molecule has 0 saturated carbocycles. The van der Waals surface area contributed by atoms with Crippen LogP contribution in [0.1, 0.15) is 35.9 Å². The Morgan fingerprint density at radius 2 is 2.24 bits per heavy atom. The zero-order chi connectivity index (χ0) is 15.2. The van der Waals surface area contributed by atoms with E-state index in [1.54, 1.807) is 25.1 Å². The number of halogens is 1. The van der Waals surface area contributed by atoms with Crippen LogP contribution in [-0.2, 0) is 0 Å². The van der Waals surface area contributed by atoms with Crippen LogP contribution < -0.4 is 10.1 Å². The number of unbranched alkanes of at least 4 members (excludes halogenated alkanes) is 1. The monoisotopic (exact) mass is 352 g/mol. The normalized spacial score (nSPS) is 10.4. The first-order chi connectivity index (χ1) is 10.1. The number of aryl methyl sites for hydroxylation is 1. The van der Waals surface area contributed by atoms with Crippen LogP contribution in [0.3, 0.4) is 0 Å². The summed E-state index contributed by atoms with van der Waals surface area (Å²) in [5.41, 5.74) is 0.459. The SMILES string of the molecule is CCCCOc1ccc(Br)cc1C(=O)Nc1cc(C)on1. The number of nitrogens with zero attached hydrogens (tertiary/aromatic N) is 1. The van der Waals surface area contributed by atoms with Gasteiger partial charge in [0.15, 0.2) is 5.82 Å². The first kappa shape index (κ1) is 15.6. The predicted octanol–water partition coefficient (Wildman–Crippen LogP) is 4.18. The third-order valence-corrected chi connectivity index (χ3v) is 3.30. The molecule has 0 unspecified atom stereocenters. The molecule has 1 heterocycles. The molecule has 2 aromatic rings. The summed E-state index contributed by atoms with van der Waals surface area (Å²) in [6.07, 6.45) is 1.98. The van der Waals surface area contributed by atoms with E-state index < -0.39 is 0 Å². The zero-order valence-electron chi connectivity index (χ0n) is 12.0. The minimum absolute atomic E-state index is 0.281. The highest BCUT2D eigenvalue weighted by Gasteiger charge is 2.15. The van der Waals surface area contributed by atoms with E-state index in [1.807, 2.05) is 6.07 Å². The average molecular weight is 353 g/mol. The molecule has 1 aromatic heterocycles. The van der Waals surface area contributed by atoms with Crippen LogP contribution in [0.25, 0.3) is 0 Å². The molecule has 0 fully saturated rings. The van der Waals surface area contributed by atoms with Crippen LogP contribution in [0.5, 0.6) is 5.75 Å². The first-order valence-corrected chi connectivity index (χ1v) is 7.56. The minimum Gasteiger partial charge on any atom is -0.493 e. The maximum atomic E-state index is 12.3. The molecule has 1 amide bonds. The quantitative estimate of drug-likeness (QED) is 0.792. The summed E-state index contributed by atoms with van der Waals surface area (Å²) < 4.78 is 11.4. The van der Waals surface area contributed by atoms with Crippen molar-refractivity contribution in [3.05, 3.63) is 40.1 Å². The number of ether oxygens (including phenoxy) is 1. The van der Waals surface area contributed by atoms with E-state index in [4.69, 9.17) is 9.26 Å². The van der Waals surface area contributed by atoms with Gasteiger partial charge in [-0.15, -0.1) is 0 Å². The lowest BCUT2D eigenvalue weighted by Gasteiger charge is -2.11. The van der Waals surface area contributed by atoms with Crippen molar-refractivity contribution in [1.29, 1.82) is 0 Å². The Kier molecular flexibility index (Phi) is 5.38. The summed E-state index contributed by atoms with van der Waals surface area (Å²) in [4.78, 5) is 12.3. The fourth-order valence-electron chi connectivity index (χ4n) is 1.74. The van der Waals surface area contributed by atoms with Gasteiger partial charge in [0.05, 0.1) is 12.2 Å². The molecule has 1 N–H and O–H groups in total. The molecule has 0 spiro atoms. The predicted molar refractivity (Wildman–Crippen MR) is 83.7 cm³/mol. The second-order valence-electron chi connectivity index (χ2n) is 4.62. The molecule has 0 radical (unpaired) electrons. The van der Waals surface area contributed by atoms with Crippen LogP contribution in [-0.4, -0.2) is 17.7 Å². The Morgan fingerprint density at radius 3 is 2.90 bits per heavy atom. The van der Waals surface area contributed by atoms with Gasteiger partial charge in [-0.25, -0.2) is 0 Å². The maximum Gasteiger partial charge on any atom is 0.260 e. The summed E-state index contributed by atoms with van der Waals surface area (Å²) in [6, 6.07) is 7.01. The van der Waals surface area contributed by atoms with Gasteiger partial charge in [-0.1, -0.05) is 34.4 Å². The molecule has 0 aliphatic heterocycles. The molecule has 2 rings (SSSR count). The topological polar surface area (TPSA) is 64.4 Å². The van der Waals surface area contributed by atoms with E-state index in [9.17, 15) is 4.79 Å². The number of carbonyl (C=O) groups is 1. The van der Waals surface area contributed by atoms with E-state index in [0.29, 0.717) is 29.5 Å². The number of aromatic nitrogens is 1. The van der Waals surface area contributed by atoms with Gasteiger partial charge < -0.3 is 14.6 Å². The van der Waals surface area contributed by atoms with Gasteiger partial charge in [-0.05, 0) is 31.5 Å². The fraction of sp³-hybridized carbons (Fsp3) is 0.333. The second kappa shape index (κ2) is 7.26. The zero-order valence-corrected chi connectivity index (χ0v) is 13.6. The van der Waals surface area contributed by atoms with Crippen LogP contribution in [0.15, 0.2) is 33.3 Å². The van der Waals surface area contributed by atoms with Crippen LogP contribution >= 0.6 is 15.9 Å². The lowest BCUT2D eigenvalue weighted by atomic mass is 10.2. The van der Waals surface area contributed by atoms with Crippen LogP contribution in [0.2, 0.25) is 0 Å². The van der Waals surface area contributed by atoms with Gasteiger partial charge in [-0.2, -0.15) is 0 Å². The number of nitrogens with one attached hydrogen (secondary N) is 1. The Labute approximate surface area is 131 Å². The van der Waals surface area contributed by atoms with Crippen molar-refractivity contribution in [3.8, 4) is 5.75 Å². The number of anilines is 1. The summed E-state index contributed by atoms with van der Waals surface area (Å²) in [5.74, 6) is 1.30. The number of hydrogen-bond donors (Lipinski definition) is 1. The summed E-state index contributed by atoms with van der Waals surface area (Å²) >= 11 is 3.37. The largest absolute Gasteiger partial charge is 0.493 e. The van der Waals surface area contributed by atoms with E-state index in [1.165, 1.54) is 0 Å². The first-order valence-electron chi connectivity index (χ1n) is 6.77. The number of benzene rings is 1. The fourth-order valence-corrected chi connectivity index (χ4v) is 2.10. The van der Waals surface area contributed by atoms with Crippen molar-refractivity contribution in [2.75, 3.05) is 11.9 Å². The Bertz CT molecular complexity index is 625. The van der Waals surface area contributed by atoms with Crippen LogP contribution in [0, 0.1) is 6.92 Å². The van der Waals surface area contributed by atoms with E-state index in [-0.39, 0.29) is 5.91 Å². The van der Waals surface area contributed by atoms with Gasteiger partial charge in [0.1, 0.15) is 11.5 Å². The van der Waals surface area contributed by atoms with Gasteiger partial charge in [0, 0.05) is 10.5 Å². The lowest BCUT2D eigenvalue weighted by Crippen LogP contribution is -2.14. The molecule has 0 atom stereocenters. The smallest absolute Gasteiger partial charge is 0.260 e.